The number of carbonyl (C=O) groups excluding carboxylic acids is 2. The summed E-state index contributed by atoms with van der Waals surface area (Å²) in [5.74, 6) is -1.51. The van der Waals surface area contributed by atoms with E-state index >= 15 is 4.39 Å². The second-order valence-corrected chi connectivity index (χ2v) is 8.49. The van der Waals surface area contributed by atoms with Crippen LogP contribution in [-0.4, -0.2) is 30.1 Å². The molecule has 1 aliphatic carbocycles. The lowest BCUT2D eigenvalue weighted by molar-refractivity contribution is -0.138. The largest absolute Gasteiger partial charge is 0.488 e. The van der Waals surface area contributed by atoms with Crippen LogP contribution < -0.4 is 9.64 Å². The van der Waals surface area contributed by atoms with Gasteiger partial charge in [0.2, 0.25) is 0 Å². The van der Waals surface area contributed by atoms with Gasteiger partial charge in [-0.2, -0.15) is 0 Å². The highest BCUT2D eigenvalue weighted by Gasteiger charge is 2.31. The first-order valence-corrected chi connectivity index (χ1v) is 11.7. The summed E-state index contributed by atoms with van der Waals surface area (Å²) in [5, 5.41) is 0.0728. The van der Waals surface area contributed by atoms with Crippen molar-refractivity contribution in [3.05, 3.63) is 89.0 Å². The van der Waals surface area contributed by atoms with Crippen LogP contribution in [0.4, 0.5) is 10.1 Å². The molecule has 0 unspecified atom stereocenters. The number of aryl methyl sites for hydroxylation is 1. The molecule has 184 valence electrons. The van der Waals surface area contributed by atoms with E-state index in [9.17, 15) is 9.59 Å². The predicted molar refractivity (Wildman–Crippen MR) is 134 cm³/mol. The van der Waals surface area contributed by atoms with Crippen LogP contribution in [0.25, 0.3) is 0 Å². The van der Waals surface area contributed by atoms with Gasteiger partial charge in [0.1, 0.15) is 24.8 Å². The van der Waals surface area contributed by atoms with Gasteiger partial charge < -0.3 is 14.4 Å². The van der Waals surface area contributed by atoms with Gasteiger partial charge in [0.05, 0.1) is 17.3 Å². The summed E-state index contributed by atoms with van der Waals surface area (Å²) in [6.45, 7) is 9.29. The molecular formula is C27H28ClFN2O4. The number of nitrogens with zero attached hydrogens (tertiary/aromatic N) is 2. The number of aromatic nitrogens is 1. The molecule has 0 fully saturated rings. The molecule has 0 aliphatic heterocycles. The topological polar surface area (TPSA) is 68.7 Å². The number of hydrogen-bond donors (Lipinski definition) is 0. The second kappa shape index (κ2) is 12.3. The molecule has 0 bridgehead atoms. The monoisotopic (exact) mass is 498 g/mol. The number of halogens is 2. The average molecular weight is 499 g/mol. The maximum Gasteiger partial charge on any atom is 0.334 e. The molecule has 35 heavy (non-hydrogen) atoms. The Morgan fingerprint density at radius 3 is 2.57 bits per heavy atom. The number of esters is 1. The van der Waals surface area contributed by atoms with Crippen LogP contribution in [0.2, 0.25) is 5.02 Å². The lowest BCUT2D eigenvalue weighted by atomic mass is 9.90. The molecule has 0 radical (unpaired) electrons. The molecule has 0 saturated carbocycles. The van der Waals surface area contributed by atoms with E-state index in [0.29, 0.717) is 24.0 Å². The zero-order valence-corrected chi connectivity index (χ0v) is 20.4. The molecule has 1 aromatic carbocycles. The molecule has 1 heterocycles. The number of anilines is 1. The van der Waals surface area contributed by atoms with Gasteiger partial charge in [-0.25, -0.2) is 9.18 Å². The number of pyridine rings is 1. The smallest absolute Gasteiger partial charge is 0.334 e. The third-order valence-corrected chi connectivity index (χ3v) is 5.97. The number of ether oxygens (including phenoxy) is 2. The molecular weight excluding hydrogens is 471 g/mol. The summed E-state index contributed by atoms with van der Waals surface area (Å²) in [7, 11) is 0. The summed E-state index contributed by atoms with van der Waals surface area (Å²) < 4.78 is 26.1. The number of rotatable bonds is 10. The van der Waals surface area contributed by atoms with Crippen molar-refractivity contribution < 1.29 is 23.5 Å². The van der Waals surface area contributed by atoms with E-state index in [1.165, 1.54) is 23.1 Å². The van der Waals surface area contributed by atoms with E-state index in [2.05, 4.69) is 18.1 Å². The number of benzene rings is 1. The van der Waals surface area contributed by atoms with Crippen molar-refractivity contribution in [2.75, 3.05) is 18.1 Å². The van der Waals surface area contributed by atoms with Gasteiger partial charge in [0, 0.05) is 29.6 Å². The Labute approximate surface area is 209 Å². The van der Waals surface area contributed by atoms with Crippen LogP contribution in [0.1, 0.15) is 36.8 Å². The van der Waals surface area contributed by atoms with Crippen LogP contribution in [0.15, 0.2) is 67.0 Å². The van der Waals surface area contributed by atoms with Crippen molar-refractivity contribution in [2.24, 2.45) is 0 Å². The minimum absolute atomic E-state index is 0.0152. The third-order valence-electron chi connectivity index (χ3n) is 5.67. The van der Waals surface area contributed by atoms with Crippen LogP contribution >= 0.6 is 11.6 Å². The Morgan fingerprint density at radius 2 is 1.89 bits per heavy atom. The van der Waals surface area contributed by atoms with Crippen molar-refractivity contribution in [3.8, 4) is 5.75 Å². The standard InChI is InChI=1S/C27H28ClFN2O4/c1-4-12-34-25-15-24(23(29)14-22(25)28)31(17-19-16-30-11-10-18(19)3)26(32)20-8-6-7-9-21(20)27(33)35-13-5-2/h4-5,10-11,14-16H,1-2,6-9,12-13,17H2,3H3. The zero-order valence-electron chi connectivity index (χ0n) is 19.7. The molecule has 6 nitrogen and oxygen atoms in total. The highest BCUT2D eigenvalue weighted by molar-refractivity contribution is 6.32. The Kier molecular flexibility index (Phi) is 9.20. The average Bonchev–Trinajstić information content (AvgIpc) is 2.86. The van der Waals surface area contributed by atoms with Crippen molar-refractivity contribution in [1.82, 2.24) is 4.98 Å². The van der Waals surface area contributed by atoms with Gasteiger partial charge in [0.25, 0.3) is 5.91 Å². The molecule has 1 amide bonds. The highest BCUT2D eigenvalue weighted by atomic mass is 35.5. The molecule has 1 aromatic heterocycles. The Balaban J connectivity index is 2.11. The minimum atomic E-state index is -0.692. The Hall–Kier alpha value is -3.45. The Morgan fingerprint density at radius 1 is 1.17 bits per heavy atom. The lowest BCUT2D eigenvalue weighted by Gasteiger charge is -2.28. The van der Waals surface area contributed by atoms with Gasteiger partial charge in [-0.3, -0.25) is 9.78 Å². The SMILES string of the molecule is C=CCOC(=O)C1=C(C(=O)N(Cc2cnccc2C)c2cc(OCC=C)c(Cl)cc2F)CCCC1. The zero-order chi connectivity index (χ0) is 25.4. The summed E-state index contributed by atoms with van der Waals surface area (Å²) in [6, 6.07) is 4.32. The summed E-state index contributed by atoms with van der Waals surface area (Å²) in [5.41, 5.74) is 2.23. The maximum absolute atomic E-state index is 15.3. The molecule has 0 saturated heterocycles. The molecule has 3 rings (SSSR count). The minimum Gasteiger partial charge on any atom is -0.488 e. The van der Waals surface area contributed by atoms with Crippen LogP contribution in [0.3, 0.4) is 0 Å². The van der Waals surface area contributed by atoms with Gasteiger partial charge in [-0.15, -0.1) is 0 Å². The van der Waals surface area contributed by atoms with E-state index in [-0.39, 0.29) is 36.2 Å². The quantitative estimate of drug-likeness (QED) is 0.302. The van der Waals surface area contributed by atoms with Gasteiger partial charge >= 0.3 is 5.97 Å². The molecule has 2 aromatic rings. The first-order valence-electron chi connectivity index (χ1n) is 11.3. The summed E-state index contributed by atoms with van der Waals surface area (Å²) in [4.78, 5) is 32.1. The first-order chi connectivity index (χ1) is 16.9. The van der Waals surface area contributed by atoms with E-state index in [4.69, 9.17) is 21.1 Å². The molecule has 0 spiro atoms. The fourth-order valence-electron chi connectivity index (χ4n) is 3.83. The highest BCUT2D eigenvalue weighted by Crippen LogP contribution is 2.36. The van der Waals surface area contributed by atoms with E-state index in [1.54, 1.807) is 12.4 Å². The Bertz CT molecular complexity index is 1160. The number of amides is 1. The third kappa shape index (κ3) is 6.36. The molecule has 1 aliphatic rings. The molecule has 0 N–H and O–H groups in total. The van der Waals surface area contributed by atoms with Gasteiger partial charge in [-0.05, 0) is 55.9 Å². The van der Waals surface area contributed by atoms with E-state index in [1.807, 2.05) is 13.0 Å². The van der Waals surface area contributed by atoms with Crippen molar-refractivity contribution in [1.29, 1.82) is 0 Å². The lowest BCUT2D eigenvalue weighted by Crippen LogP contribution is -2.35. The fraction of sp³-hybridized carbons (Fsp3) is 0.296. The fourth-order valence-corrected chi connectivity index (χ4v) is 4.04. The van der Waals surface area contributed by atoms with Gasteiger partial charge in [0.15, 0.2) is 0 Å². The van der Waals surface area contributed by atoms with Crippen LogP contribution in [-0.2, 0) is 20.9 Å². The number of hydrogen-bond acceptors (Lipinski definition) is 5. The molecule has 0 atom stereocenters. The summed E-state index contributed by atoms with van der Waals surface area (Å²) >= 11 is 6.18. The van der Waals surface area contributed by atoms with Gasteiger partial charge in [-0.1, -0.05) is 36.9 Å². The van der Waals surface area contributed by atoms with E-state index in [0.717, 1.165) is 30.0 Å². The van der Waals surface area contributed by atoms with Crippen molar-refractivity contribution >= 4 is 29.2 Å². The van der Waals surface area contributed by atoms with Crippen LogP contribution in [0.5, 0.6) is 5.75 Å². The normalized spacial score (nSPS) is 13.2. The summed E-state index contributed by atoms with van der Waals surface area (Å²) in [6.07, 6.45) is 8.56. The predicted octanol–water partition coefficient (Wildman–Crippen LogP) is 5.88. The second-order valence-electron chi connectivity index (χ2n) is 8.08. The van der Waals surface area contributed by atoms with E-state index < -0.39 is 17.7 Å². The van der Waals surface area contributed by atoms with Crippen LogP contribution in [0, 0.1) is 12.7 Å². The maximum atomic E-state index is 15.3. The first kappa shape index (κ1) is 26.2. The van der Waals surface area contributed by atoms with Crippen molar-refractivity contribution in [3.63, 3.8) is 0 Å². The number of carbonyl (C=O) groups is 2. The molecule has 8 heteroatoms. The van der Waals surface area contributed by atoms with Crippen molar-refractivity contribution in [2.45, 2.75) is 39.2 Å².